The fraction of sp³-hybridized carbons (Fsp3) is 0.0909. The summed E-state index contributed by atoms with van der Waals surface area (Å²) < 4.78 is 17.4. The second-order valence-corrected chi connectivity index (χ2v) is 3.27. The van der Waals surface area contributed by atoms with Crippen LogP contribution in [0.1, 0.15) is 0 Å². The number of amides is 1. The Hall–Kier alpha value is -2.08. The summed E-state index contributed by atoms with van der Waals surface area (Å²) in [6, 6.07) is 3.73. The van der Waals surface area contributed by atoms with E-state index in [1.807, 2.05) is 0 Å². The summed E-state index contributed by atoms with van der Waals surface area (Å²) in [5.41, 5.74) is 4.53. The van der Waals surface area contributed by atoms with Gasteiger partial charge in [0.05, 0.1) is 5.02 Å². The zero-order valence-electron chi connectivity index (χ0n) is 9.23. The summed E-state index contributed by atoms with van der Waals surface area (Å²) in [6.45, 7) is 2.59. The van der Waals surface area contributed by atoms with Crippen molar-refractivity contribution < 1.29 is 23.8 Å². The number of primary amides is 1. The minimum absolute atomic E-state index is 0.0253. The number of nitrogens with two attached hydrogens (primary N) is 1. The number of ether oxygens (including phenoxy) is 1. The number of carbonyl (C=O) groups is 2. The van der Waals surface area contributed by atoms with Gasteiger partial charge >= 0.3 is 5.97 Å². The van der Waals surface area contributed by atoms with Gasteiger partial charge in [0.1, 0.15) is 11.6 Å². The van der Waals surface area contributed by atoms with Crippen molar-refractivity contribution in [3.05, 3.63) is 41.7 Å². The summed E-state index contributed by atoms with van der Waals surface area (Å²) >= 11 is 5.40. The number of benzene rings is 1. The Labute approximate surface area is 108 Å². The normalized spacial score (nSPS) is 8.78. The Bertz CT molecular complexity index is 451. The third-order valence-corrected chi connectivity index (χ3v) is 1.76. The van der Waals surface area contributed by atoms with Crippen molar-refractivity contribution >= 4 is 23.5 Å². The maximum absolute atomic E-state index is 12.7. The molecule has 3 N–H and O–H groups in total. The van der Waals surface area contributed by atoms with Gasteiger partial charge in [0, 0.05) is 6.07 Å². The second-order valence-electron chi connectivity index (χ2n) is 2.86. The maximum atomic E-state index is 12.7. The third kappa shape index (κ3) is 7.24. The number of carbonyl (C=O) groups excluding carboxylic acids is 1. The van der Waals surface area contributed by atoms with Crippen LogP contribution in [0, 0.1) is 5.82 Å². The predicted octanol–water partition coefficient (Wildman–Crippen LogP) is 1.60. The van der Waals surface area contributed by atoms with Crippen LogP contribution in [0.3, 0.4) is 0 Å². The monoisotopic (exact) mass is 275 g/mol. The molecule has 0 atom stereocenters. The van der Waals surface area contributed by atoms with Crippen LogP contribution < -0.4 is 10.5 Å². The molecule has 0 aromatic heterocycles. The molecule has 18 heavy (non-hydrogen) atoms. The lowest BCUT2D eigenvalue weighted by Crippen LogP contribution is -2.09. The van der Waals surface area contributed by atoms with E-state index in [2.05, 4.69) is 12.3 Å². The largest absolute Gasteiger partial charge is 0.482 e. The Morgan fingerprint density at radius 1 is 1.56 bits per heavy atom. The van der Waals surface area contributed by atoms with E-state index in [1.165, 1.54) is 12.1 Å². The average molecular weight is 276 g/mol. The molecule has 0 spiro atoms. The zero-order chi connectivity index (χ0) is 14.1. The first-order valence-electron chi connectivity index (χ1n) is 4.58. The number of hydrogen-bond acceptors (Lipinski definition) is 3. The molecule has 1 rings (SSSR count). The molecule has 0 heterocycles. The molecule has 0 bridgehead atoms. The zero-order valence-corrected chi connectivity index (χ0v) is 9.98. The highest BCUT2D eigenvalue weighted by molar-refractivity contribution is 6.30. The molecule has 1 aromatic carbocycles. The van der Waals surface area contributed by atoms with Gasteiger partial charge < -0.3 is 15.6 Å². The number of hydrogen-bond donors (Lipinski definition) is 2. The molecule has 0 fully saturated rings. The van der Waals surface area contributed by atoms with E-state index in [0.717, 1.165) is 12.1 Å². The minimum atomic E-state index is -1.12. The van der Waals surface area contributed by atoms with Crippen LogP contribution in [0.4, 0.5) is 4.39 Å². The van der Waals surface area contributed by atoms with E-state index in [4.69, 9.17) is 21.4 Å². The van der Waals surface area contributed by atoms with Gasteiger partial charge in [0.2, 0.25) is 5.91 Å². The van der Waals surface area contributed by atoms with Crippen molar-refractivity contribution in [2.24, 2.45) is 5.73 Å². The van der Waals surface area contributed by atoms with Crippen LogP contribution in [-0.2, 0) is 9.59 Å². The highest BCUT2D eigenvalue weighted by Gasteiger charge is 2.03. The minimum Gasteiger partial charge on any atom is -0.482 e. The lowest BCUT2D eigenvalue weighted by Gasteiger charge is -2.02. The Morgan fingerprint density at radius 3 is 2.50 bits per heavy atom. The SMILES string of the molecule is C=CC(N)=O.O=C(O)COc1ccc(Cl)c(F)c1. The number of rotatable bonds is 4. The van der Waals surface area contributed by atoms with Crippen LogP contribution in [-0.4, -0.2) is 23.6 Å². The van der Waals surface area contributed by atoms with Crippen LogP contribution in [0.5, 0.6) is 5.75 Å². The summed E-state index contributed by atoms with van der Waals surface area (Å²) in [5.74, 6) is -2.09. The van der Waals surface area contributed by atoms with E-state index in [9.17, 15) is 14.0 Å². The summed E-state index contributed by atoms with van der Waals surface area (Å²) in [6.07, 6.45) is 1.06. The van der Waals surface area contributed by atoms with Crippen LogP contribution in [0.2, 0.25) is 5.02 Å². The fourth-order valence-electron chi connectivity index (χ4n) is 0.712. The standard InChI is InChI=1S/C8H6ClFO3.C3H5NO/c9-6-2-1-5(3-7(6)10)13-4-8(11)12;1-2-3(4)5/h1-3H,4H2,(H,11,12);2H,1H2,(H2,4,5). The highest BCUT2D eigenvalue weighted by atomic mass is 35.5. The van der Waals surface area contributed by atoms with E-state index < -0.39 is 24.3 Å². The Morgan fingerprint density at radius 2 is 2.11 bits per heavy atom. The third-order valence-electron chi connectivity index (χ3n) is 1.45. The molecule has 1 aromatic rings. The molecule has 7 heteroatoms. The molecule has 0 aliphatic carbocycles. The van der Waals surface area contributed by atoms with Crippen LogP contribution in [0.15, 0.2) is 30.9 Å². The number of aliphatic carboxylic acids is 1. The van der Waals surface area contributed by atoms with Crippen molar-refractivity contribution in [1.29, 1.82) is 0 Å². The van der Waals surface area contributed by atoms with Gasteiger partial charge in [-0.15, -0.1) is 0 Å². The van der Waals surface area contributed by atoms with E-state index in [-0.39, 0.29) is 10.8 Å². The molecule has 0 saturated heterocycles. The van der Waals surface area contributed by atoms with Gasteiger partial charge in [0.25, 0.3) is 0 Å². The first-order valence-corrected chi connectivity index (χ1v) is 4.96. The van der Waals surface area contributed by atoms with Crippen molar-refractivity contribution in [1.82, 2.24) is 0 Å². The molecular weight excluding hydrogens is 265 g/mol. The van der Waals surface area contributed by atoms with E-state index in [1.54, 1.807) is 0 Å². The van der Waals surface area contributed by atoms with Crippen molar-refractivity contribution in [2.45, 2.75) is 0 Å². The number of halogens is 2. The number of carboxylic acid groups (broad SMARTS) is 1. The molecular formula is C11H11ClFNO4. The van der Waals surface area contributed by atoms with Crippen molar-refractivity contribution in [3.63, 3.8) is 0 Å². The first kappa shape index (κ1) is 15.9. The quantitative estimate of drug-likeness (QED) is 0.817. The van der Waals surface area contributed by atoms with Gasteiger partial charge in [-0.05, 0) is 18.2 Å². The Balaban J connectivity index is 0.000000494. The highest BCUT2D eigenvalue weighted by Crippen LogP contribution is 2.20. The molecule has 98 valence electrons. The Kier molecular flexibility index (Phi) is 7.14. The van der Waals surface area contributed by atoms with E-state index in [0.29, 0.717) is 0 Å². The van der Waals surface area contributed by atoms with Gasteiger partial charge in [-0.1, -0.05) is 18.2 Å². The second kappa shape index (κ2) is 8.08. The molecule has 5 nitrogen and oxygen atoms in total. The predicted molar refractivity (Wildman–Crippen MR) is 63.9 cm³/mol. The lowest BCUT2D eigenvalue weighted by atomic mass is 10.3. The van der Waals surface area contributed by atoms with Gasteiger partial charge in [0.15, 0.2) is 6.61 Å². The van der Waals surface area contributed by atoms with Gasteiger partial charge in [-0.3, -0.25) is 4.79 Å². The van der Waals surface area contributed by atoms with Gasteiger partial charge in [-0.25, -0.2) is 9.18 Å². The first-order chi connectivity index (χ1) is 8.36. The molecule has 0 radical (unpaired) electrons. The molecule has 0 unspecified atom stereocenters. The maximum Gasteiger partial charge on any atom is 0.341 e. The molecule has 0 aliphatic rings. The van der Waals surface area contributed by atoms with E-state index >= 15 is 0 Å². The van der Waals surface area contributed by atoms with Crippen molar-refractivity contribution in [2.75, 3.05) is 6.61 Å². The van der Waals surface area contributed by atoms with Crippen LogP contribution >= 0.6 is 11.6 Å². The fourth-order valence-corrected chi connectivity index (χ4v) is 0.829. The topological polar surface area (TPSA) is 89.6 Å². The van der Waals surface area contributed by atoms with Crippen LogP contribution in [0.25, 0.3) is 0 Å². The summed E-state index contributed by atoms with van der Waals surface area (Å²) in [7, 11) is 0. The molecule has 0 aliphatic heterocycles. The summed E-state index contributed by atoms with van der Waals surface area (Å²) in [5, 5.41) is 8.23. The smallest absolute Gasteiger partial charge is 0.341 e. The van der Waals surface area contributed by atoms with Crippen molar-refractivity contribution in [3.8, 4) is 5.75 Å². The molecule has 1 amide bonds. The number of carboxylic acids is 1. The molecule has 0 saturated carbocycles. The lowest BCUT2D eigenvalue weighted by molar-refractivity contribution is -0.139. The van der Waals surface area contributed by atoms with Gasteiger partial charge in [-0.2, -0.15) is 0 Å². The summed E-state index contributed by atoms with van der Waals surface area (Å²) in [4.78, 5) is 19.6. The average Bonchev–Trinajstić information content (AvgIpc) is 2.31.